The number of aromatic amines is 1. The molecule has 0 saturated carbocycles. The van der Waals surface area contributed by atoms with Crippen LogP contribution in [0.1, 0.15) is 19.5 Å². The van der Waals surface area contributed by atoms with Crippen molar-refractivity contribution in [1.29, 1.82) is 0 Å². The standard InChI is InChI=1S/C13H15F2N3/c1-7(2)5-11-12(13(16)18-17-11)9-4-3-8(14)6-10(9)15/h3-4,6-7H,5H2,1-2H3,(H3,16,17,18). The van der Waals surface area contributed by atoms with Crippen LogP contribution in [0.4, 0.5) is 14.6 Å². The molecule has 0 unspecified atom stereocenters. The van der Waals surface area contributed by atoms with Gasteiger partial charge in [-0.15, -0.1) is 0 Å². The molecular formula is C13H15F2N3. The first kappa shape index (κ1) is 12.5. The lowest BCUT2D eigenvalue weighted by Gasteiger charge is -2.07. The van der Waals surface area contributed by atoms with Gasteiger partial charge in [0.15, 0.2) is 5.82 Å². The van der Waals surface area contributed by atoms with Crippen LogP contribution in [0.2, 0.25) is 0 Å². The highest BCUT2D eigenvalue weighted by atomic mass is 19.1. The molecule has 0 atom stereocenters. The van der Waals surface area contributed by atoms with Crippen molar-refractivity contribution in [1.82, 2.24) is 10.2 Å². The first-order valence-electron chi connectivity index (χ1n) is 5.77. The number of benzene rings is 1. The molecule has 0 bridgehead atoms. The van der Waals surface area contributed by atoms with E-state index in [9.17, 15) is 8.78 Å². The van der Waals surface area contributed by atoms with Crippen LogP contribution >= 0.6 is 0 Å². The molecule has 96 valence electrons. The number of nitrogens with two attached hydrogens (primary N) is 1. The second-order valence-electron chi connectivity index (χ2n) is 4.68. The predicted molar refractivity (Wildman–Crippen MR) is 66.9 cm³/mol. The van der Waals surface area contributed by atoms with E-state index in [1.54, 1.807) is 0 Å². The average Bonchev–Trinajstić information content (AvgIpc) is 2.60. The summed E-state index contributed by atoms with van der Waals surface area (Å²) in [5.74, 6) is -0.625. The highest BCUT2D eigenvalue weighted by Crippen LogP contribution is 2.31. The van der Waals surface area contributed by atoms with Crippen LogP contribution < -0.4 is 5.73 Å². The molecule has 18 heavy (non-hydrogen) atoms. The molecule has 3 N–H and O–H groups in total. The van der Waals surface area contributed by atoms with Gasteiger partial charge in [-0.25, -0.2) is 8.78 Å². The lowest BCUT2D eigenvalue weighted by molar-refractivity contribution is 0.585. The third kappa shape index (κ3) is 2.34. The Kier molecular flexibility index (Phi) is 3.32. The van der Waals surface area contributed by atoms with Crippen molar-refractivity contribution >= 4 is 5.82 Å². The van der Waals surface area contributed by atoms with E-state index in [1.165, 1.54) is 12.1 Å². The van der Waals surface area contributed by atoms with E-state index in [2.05, 4.69) is 10.2 Å². The van der Waals surface area contributed by atoms with Crippen molar-refractivity contribution in [3.05, 3.63) is 35.5 Å². The van der Waals surface area contributed by atoms with Crippen LogP contribution in [-0.4, -0.2) is 10.2 Å². The smallest absolute Gasteiger partial charge is 0.153 e. The van der Waals surface area contributed by atoms with Crippen molar-refractivity contribution in [3.63, 3.8) is 0 Å². The minimum absolute atomic E-state index is 0.233. The number of nitrogens with one attached hydrogen (secondary N) is 1. The number of nitrogen functional groups attached to an aromatic ring is 1. The third-order valence-electron chi connectivity index (χ3n) is 2.68. The molecule has 0 fully saturated rings. The largest absolute Gasteiger partial charge is 0.382 e. The SMILES string of the molecule is CC(C)Cc1[nH]nc(N)c1-c1ccc(F)cc1F. The minimum atomic E-state index is -0.631. The number of anilines is 1. The normalized spacial score (nSPS) is 11.2. The van der Waals surface area contributed by atoms with E-state index in [1.807, 2.05) is 13.8 Å². The van der Waals surface area contributed by atoms with Crippen LogP contribution in [-0.2, 0) is 6.42 Å². The second-order valence-corrected chi connectivity index (χ2v) is 4.68. The zero-order chi connectivity index (χ0) is 13.3. The Bertz CT molecular complexity index is 561. The second kappa shape index (κ2) is 4.76. The van der Waals surface area contributed by atoms with Crippen LogP contribution in [0, 0.1) is 17.6 Å². The van der Waals surface area contributed by atoms with Gasteiger partial charge in [0, 0.05) is 22.9 Å². The molecule has 5 heteroatoms. The first-order chi connectivity index (χ1) is 8.49. The summed E-state index contributed by atoms with van der Waals surface area (Å²) in [7, 11) is 0. The number of hydrogen-bond donors (Lipinski definition) is 2. The van der Waals surface area contributed by atoms with Crippen LogP contribution in [0.3, 0.4) is 0 Å². The number of H-pyrrole nitrogens is 1. The fourth-order valence-corrected chi connectivity index (χ4v) is 1.94. The fraction of sp³-hybridized carbons (Fsp3) is 0.308. The molecule has 0 aliphatic heterocycles. The van der Waals surface area contributed by atoms with Gasteiger partial charge in [-0.3, -0.25) is 5.10 Å². The van der Waals surface area contributed by atoms with Gasteiger partial charge in [0.2, 0.25) is 0 Å². The average molecular weight is 251 g/mol. The molecule has 1 aromatic heterocycles. The minimum Gasteiger partial charge on any atom is -0.382 e. The lowest BCUT2D eigenvalue weighted by atomic mass is 9.99. The Labute approximate surface area is 104 Å². The Morgan fingerprint density at radius 1 is 1.33 bits per heavy atom. The fourth-order valence-electron chi connectivity index (χ4n) is 1.94. The summed E-state index contributed by atoms with van der Waals surface area (Å²) in [6.45, 7) is 4.09. The van der Waals surface area contributed by atoms with Gasteiger partial charge in [0.1, 0.15) is 11.6 Å². The van der Waals surface area contributed by atoms with E-state index in [0.717, 1.165) is 11.8 Å². The zero-order valence-corrected chi connectivity index (χ0v) is 10.3. The summed E-state index contributed by atoms with van der Waals surface area (Å²) < 4.78 is 26.7. The van der Waals surface area contributed by atoms with Crippen LogP contribution in [0.5, 0.6) is 0 Å². The highest BCUT2D eigenvalue weighted by Gasteiger charge is 2.17. The van der Waals surface area contributed by atoms with Crippen molar-refractivity contribution < 1.29 is 8.78 Å². The van der Waals surface area contributed by atoms with Crippen molar-refractivity contribution in [2.45, 2.75) is 20.3 Å². The van der Waals surface area contributed by atoms with E-state index in [0.29, 0.717) is 17.9 Å². The first-order valence-corrected chi connectivity index (χ1v) is 5.77. The maximum absolute atomic E-state index is 13.8. The monoisotopic (exact) mass is 251 g/mol. The highest BCUT2D eigenvalue weighted by molar-refractivity contribution is 5.76. The Balaban J connectivity index is 2.52. The number of aromatic nitrogens is 2. The number of hydrogen-bond acceptors (Lipinski definition) is 2. The number of rotatable bonds is 3. The molecule has 1 aromatic carbocycles. The molecule has 2 rings (SSSR count). The molecule has 0 saturated heterocycles. The van der Waals surface area contributed by atoms with Gasteiger partial charge >= 0.3 is 0 Å². The number of halogens is 2. The van der Waals surface area contributed by atoms with E-state index < -0.39 is 11.6 Å². The van der Waals surface area contributed by atoms with Gasteiger partial charge in [0.05, 0.1) is 0 Å². The van der Waals surface area contributed by atoms with E-state index in [-0.39, 0.29) is 11.4 Å². The van der Waals surface area contributed by atoms with Crippen molar-refractivity contribution in [3.8, 4) is 11.1 Å². The summed E-state index contributed by atoms with van der Waals surface area (Å²) in [5, 5.41) is 6.71. The maximum Gasteiger partial charge on any atom is 0.153 e. The topological polar surface area (TPSA) is 54.7 Å². The molecule has 0 spiro atoms. The maximum atomic E-state index is 13.8. The molecule has 1 heterocycles. The van der Waals surface area contributed by atoms with Gasteiger partial charge < -0.3 is 5.73 Å². The van der Waals surface area contributed by atoms with Crippen molar-refractivity contribution in [2.24, 2.45) is 5.92 Å². The zero-order valence-electron chi connectivity index (χ0n) is 10.3. The molecule has 3 nitrogen and oxygen atoms in total. The van der Waals surface area contributed by atoms with Gasteiger partial charge in [-0.1, -0.05) is 13.8 Å². The molecular weight excluding hydrogens is 236 g/mol. The van der Waals surface area contributed by atoms with Gasteiger partial charge in [-0.2, -0.15) is 5.10 Å². The van der Waals surface area contributed by atoms with Gasteiger partial charge in [-0.05, 0) is 24.5 Å². The third-order valence-corrected chi connectivity index (χ3v) is 2.68. The van der Waals surface area contributed by atoms with Crippen LogP contribution in [0.15, 0.2) is 18.2 Å². The summed E-state index contributed by atoms with van der Waals surface area (Å²) in [4.78, 5) is 0. The molecule has 0 radical (unpaired) electrons. The summed E-state index contributed by atoms with van der Waals surface area (Å²) in [6, 6.07) is 3.45. The summed E-state index contributed by atoms with van der Waals surface area (Å²) in [6.07, 6.45) is 0.705. The van der Waals surface area contributed by atoms with E-state index in [4.69, 9.17) is 5.73 Å². The Morgan fingerprint density at radius 3 is 2.67 bits per heavy atom. The summed E-state index contributed by atoms with van der Waals surface area (Å²) in [5.41, 5.74) is 7.33. The quantitative estimate of drug-likeness (QED) is 0.880. The lowest BCUT2D eigenvalue weighted by Crippen LogP contribution is -1.98. The molecule has 0 aliphatic carbocycles. The van der Waals surface area contributed by atoms with Gasteiger partial charge in [0.25, 0.3) is 0 Å². The molecule has 0 aliphatic rings. The van der Waals surface area contributed by atoms with Crippen LogP contribution in [0.25, 0.3) is 11.1 Å². The Morgan fingerprint density at radius 2 is 2.06 bits per heavy atom. The Hall–Kier alpha value is -1.91. The molecule has 2 aromatic rings. The predicted octanol–water partition coefficient (Wildman–Crippen LogP) is 3.14. The summed E-state index contributed by atoms with van der Waals surface area (Å²) >= 11 is 0. The van der Waals surface area contributed by atoms with E-state index >= 15 is 0 Å². The van der Waals surface area contributed by atoms with Crippen molar-refractivity contribution in [2.75, 3.05) is 5.73 Å². The number of nitrogens with zero attached hydrogens (tertiary/aromatic N) is 1. The molecule has 0 amide bonds.